The fourth-order valence-corrected chi connectivity index (χ4v) is 4.25. The fraction of sp³-hybridized carbons (Fsp3) is 0.364. The summed E-state index contributed by atoms with van der Waals surface area (Å²) in [6, 6.07) is 5.85. The van der Waals surface area contributed by atoms with Crippen molar-refractivity contribution in [3.63, 3.8) is 0 Å². The minimum Gasteiger partial charge on any atom is -0.397 e. The molecule has 0 saturated carbocycles. The Hall–Kier alpha value is -3.89. The van der Waals surface area contributed by atoms with E-state index >= 15 is 0 Å². The Labute approximate surface area is 185 Å². The van der Waals surface area contributed by atoms with Crippen molar-refractivity contribution in [2.24, 2.45) is 10.9 Å². The minimum absolute atomic E-state index is 0.0185. The molecule has 1 unspecified atom stereocenters. The van der Waals surface area contributed by atoms with Gasteiger partial charge in [0.15, 0.2) is 6.19 Å². The van der Waals surface area contributed by atoms with E-state index in [9.17, 15) is 9.65 Å². The molecule has 9 nitrogen and oxygen atoms in total. The number of piperidine rings is 1. The lowest BCUT2D eigenvalue weighted by Crippen LogP contribution is -2.34. The number of nitriles is 2. The molecule has 2 aromatic rings. The van der Waals surface area contributed by atoms with Crippen molar-refractivity contribution < 1.29 is 4.39 Å². The van der Waals surface area contributed by atoms with Crippen LogP contribution in [0.5, 0.6) is 0 Å². The predicted molar refractivity (Wildman–Crippen MR) is 120 cm³/mol. The number of pyridine rings is 1. The monoisotopic (exact) mass is 433 g/mol. The molecular formula is C22H24FN9. The highest BCUT2D eigenvalue weighted by molar-refractivity contribution is 5.98. The maximum Gasteiger partial charge on any atom is 0.211 e. The van der Waals surface area contributed by atoms with E-state index in [-0.39, 0.29) is 28.8 Å². The molecule has 1 aromatic heterocycles. The molecule has 0 bridgehead atoms. The number of benzene rings is 1. The van der Waals surface area contributed by atoms with Crippen LogP contribution in [0.3, 0.4) is 0 Å². The van der Waals surface area contributed by atoms with E-state index in [1.54, 1.807) is 6.07 Å². The lowest BCUT2D eigenvalue weighted by Gasteiger charge is -2.32. The van der Waals surface area contributed by atoms with Gasteiger partial charge in [-0.05, 0) is 55.1 Å². The number of hydrogen-bond acceptors (Lipinski definition) is 9. The summed E-state index contributed by atoms with van der Waals surface area (Å²) < 4.78 is 14.3. The van der Waals surface area contributed by atoms with E-state index in [1.165, 1.54) is 12.1 Å². The van der Waals surface area contributed by atoms with E-state index in [1.807, 2.05) is 12.3 Å². The van der Waals surface area contributed by atoms with Crippen molar-refractivity contribution in [1.29, 1.82) is 10.5 Å². The van der Waals surface area contributed by atoms with Crippen LogP contribution in [-0.2, 0) is 6.54 Å². The molecule has 32 heavy (non-hydrogen) atoms. The summed E-state index contributed by atoms with van der Waals surface area (Å²) in [5.41, 5.74) is 14.4. The van der Waals surface area contributed by atoms with Gasteiger partial charge in [0.05, 0.1) is 5.69 Å². The molecule has 1 saturated heterocycles. The number of rotatable bonds is 3. The van der Waals surface area contributed by atoms with Gasteiger partial charge in [0, 0.05) is 12.1 Å². The zero-order valence-corrected chi connectivity index (χ0v) is 17.7. The summed E-state index contributed by atoms with van der Waals surface area (Å²) in [5, 5.41) is 24.0. The largest absolute Gasteiger partial charge is 0.397 e. The molecule has 3 heterocycles. The molecule has 0 aliphatic carbocycles. The molecule has 10 heteroatoms. The van der Waals surface area contributed by atoms with Gasteiger partial charge in [0.25, 0.3) is 0 Å². The first-order valence-corrected chi connectivity index (χ1v) is 10.4. The number of fused-ring (bicyclic) bond motifs is 1. The Kier molecular flexibility index (Phi) is 5.80. The second-order valence-electron chi connectivity index (χ2n) is 8.20. The highest BCUT2D eigenvalue weighted by Crippen LogP contribution is 2.41. The predicted octanol–water partition coefficient (Wildman–Crippen LogP) is 2.43. The SMILES string of the molecule is CC1CCN(Cc2cc(F)ccc2C2N=C(NC#N)Nc3nc(N)c(C#N)c(N)c32)CC1. The van der Waals surface area contributed by atoms with E-state index < -0.39 is 6.04 Å². The maximum absolute atomic E-state index is 14.3. The Morgan fingerprint density at radius 2 is 2.03 bits per heavy atom. The summed E-state index contributed by atoms with van der Waals surface area (Å²) in [6.45, 7) is 4.67. The van der Waals surface area contributed by atoms with Crippen LogP contribution in [0.2, 0.25) is 0 Å². The molecule has 6 N–H and O–H groups in total. The van der Waals surface area contributed by atoms with Gasteiger partial charge >= 0.3 is 0 Å². The van der Waals surface area contributed by atoms with Crippen LogP contribution in [-0.4, -0.2) is 28.9 Å². The number of nitrogens with zero attached hydrogens (tertiary/aromatic N) is 5. The highest BCUT2D eigenvalue weighted by atomic mass is 19.1. The van der Waals surface area contributed by atoms with Crippen LogP contribution >= 0.6 is 0 Å². The van der Waals surface area contributed by atoms with Crippen molar-refractivity contribution in [2.75, 3.05) is 29.9 Å². The van der Waals surface area contributed by atoms with Crippen LogP contribution in [0.4, 0.5) is 21.7 Å². The molecule has 2 aliphatic rings. The van der Waals surface area contributed by atoms with Crippen LogP contribution in [0.1, 0.15) is 48.1 Å². The number of nitrogen functional groups attached to an aromatic ring is 2. The topological polar surface area (TPSA) is 152 Å². The number of aliphatic imine (C=N–C) groups is 1. The third-order valence-electron chi connectivity index (χ3n) is 6.03. The lowest BCUT2D eigenvalue weighted by molar-refractivity contribution is 0.184. The number of aromatic nitrogens is 1. The standard InChI is InChI=1S/C22H24FN9/c1-12-4-6-32(7-5-12)10-13-8-14(23)2-3-15(13)19-17-18(26)16(9-24)20(27)30-21(17)31-22(29-19)28-11-25/h2-3,8,12,19H,4-7,10H2,1H3,(H6,26,27,28,29,30,31). The van der Waals surface area contributed by atoms with Gasteiger partial charge in [-0.2, -0.15) is 10.5 Å². The molecule has 1 atom stereocenters. The van der Waals surface area contributed by atoms with E-state index in [4.69, 9.17) is 16.7 Å². The van der Waals surface area contributed by atoms with Crippen LogP contribution < -0.4 is 22.1 Å². The number of guanidine groups is 1. The van der Waals surface area contributed by atoms with Crippen molar-refractivity contribution in [3.05, 3.63) is 46.3 Å². The Balaban J connectivity index is 1.82. The first kappa shape index (κ1) is 21.3. The molecular weight excluding hydrogens is 409 g/mol. The number of anilines is 3. The smallest absolute Gasteiger partial charge is 0.211 e. The zero-order chi connectivity index (χ0) is 22.8. The first-order chi connectivity index (χ1) is 15.4. The van der Waals surface area contributed by atoms with Crippen LogP contribution in [0.15, 0.2) is 23.2 Å². The number of nitrogens with one attached hydrogen (secondary N) is 2. The molecule has 1 fully saturated rings. The van der Waals surface area contributed by atoms with Crippen molar-refractivity contribution in [2.45, 2.75) is 32.4 Å². The summed E-state index contributed by atoms with van der Waals surface area (Å²) in [5.74, 6) is 0.792. The van der Waals surface area contributed by atoms with Crippen LogP contribution in [0.25, 0.3) is 0 Å². The van der Waals surface area contributed by atoms with Gasteiger partial charge in [-0.25, -0.2) is 14.4 Å². The highest BCUT2D eigenvalue weighted by Gasteiger charge is 2.31. The summed E-state index contributed by atoms with van der Waals surface area (Å²) in [4.78, 5) is 11.2. The van der Waals surface area contributed by atoms with E-state index in [0.717, 1.165) is 37.1 Å². The average Bonchev–Trinajstić information content (AvgIpc) is 2.75. The van der Waals surface area contributed by atoms with Crippen molar-refractivity contribution in [1.82, 2.24) is 15.2 Å². The van der Waals surface area contributed by atoms with E-state index in [2.05, 4.69) is 32.4 Å². The number of halogens is 1. The zero-order valence-electron chi connectivity index (χ0n) is 17.7. The second-order valence-corrected chi connectivity index (χ2v) is 8.20. The van der Waals surface area contributed by atoms with Crippen molar-refractivity contribution in [3.8, 4) is 12.3 Å². The molecule has 0 spiro atoms. The molecule has 0 radical (unpaired) electrons. The molecule has 0 amide bonds. The Morgan fingerprint density at radius 1 is 1.28 bits per heavy atom. The normalized spacial score (nSPS) is 18.6. The van der Waals surface area contributed by atoms with E-state index in [0.29, 0.717) is 23.8 Å². The molecule has 2 aliphatic heterocycles. The Bertz CT molecular complexity index is 1150. The van der Waals surface area contributed by atoms with Gasteiger partial charge in [-0.15, -0.1) is 0 Å². The maximum atomic E-state index is 14.3. The quantitative estimate of drug-likeness (QED) is 0.425. The summed E-state index contributed by atoms with van der Waals surface area (Å²) >= 11 is 0. The van der Waals surface area contributed by atoms with Crippen LogP contribution in [0, 0.1) is 34.5 Å². The summed E-state index contributed by atoms with van der Waals surface area (Å²) in [7, 11) is 0. The number of likely N-dealkylation sites (tertiary alicyclic amines) is 1. The first-order valence-electron chi connectivity index (χ1n) is 10.4. The van der Waals surface area contributed by atoms with Gasteiger partial charge in [0.2, 0.25) is 5.96 Å². The van der Waals surface area contributed by atoms with Crippen molar-refractivity contribution >= 4 is 23.3 Å². The Morgan fingerprint density at radius 3 is 2.72 bits per heavy atom. The number of nitrogens with two attached hydrogens (primary N) is 2. The lowest BCUT2D eigenvalue weighted by atomic mass is 9.91. The number of hydrogen-bond donors (Lipinski definition) is 4. The average molecular weight is 433 g/mol. The second kappa shape index (κ2) is 8.69. The fourth-order valence-electron chi connectivity index (χ4n) is 4.25. The summed E-state index contributed by atoms with van der Waals surface area (Å²) in [6.07, 6.45) is 4.02. The van der Waals surface area contributed by atoms with Gasteiger partial charge in [0.1, 0.15) is 35.1 Å². The third kappa shape index (κ3) is 4.01. The van der Waals surface area contributed by atoms with Gasteiger partial charge < -0.3 is 16.8 Å². The molecule has 1 aromatic carbocycles. The molecule has 4 rings (SSSR count). The minimum atomic E-state index is -0.693. The van der Waals surface area contributed by atoms with Gasteiger partial charge in [-0.1, -0.05) is 13.0 Å². The molecule has 164 valence electrons. The van der Waals surface area contributed by atoms with Gasteiger partial charge in [-0.3, -0.25) is 10.2 Å². The third-order valence-corrected chi connectivity index (χ3v) is 6.03.